The fraction of sp³-hybridized carbons (Fsp3) is 0.600. The zero-order valence-electron chi connectivity index (χ0n) is 13.2. The number of hydrogen-bond donors (Lipinski definition) is 2. The summed E-state index contributed by atoms with van der Waals surface area (Å²) < 4.78 is 39.5. The zero-order valence-corrected chi connectivity index (χ0v) is 13.2. The second kappa shape index (κ2) is 7.06. The second-order valence-corrected chi connectivity index (χ2v) is 5.96. The van der Waals surface area contributed by atoms with E-state index >= 15 is 0 Å². The SMILES string of the molecule is CN(C)c1ccc(NC(=O)NC(C2CCCC2)C(F)(F)F)cn1. The second-order valence-electron chi connectivity index (χ2n) is 5.96. The number of halogens is 3. The van der Waals surface area contributed by atoms with Gasteiger partial charge in [-0.15, -0.1) is 0 Å². The molecule has 0 bridgehead atoms. The summed E-state index contributed by atoms with van der Waals surface area (Å²) in [6.45, 7) is 0. The monoisotopic (exact) mass is 330 g/mol. The van der Waals surface area contributed by atoms with Gasteiger partial charge in [-0.1, -0.05) is 12.8 Å². The van der Waals surface area contributed by atoms with Crippen LogP contribution in [0.2, 0.25) is 0 Å². The molecular formula is C15H21F3N4O. The van der Waals surface area contributed by atoms with Crippen molar-refractivity contribution in [2.75, 3.05) is 24.3 Å². The van der Waals surface area contributed by atoms with Crippen LogP contribution < -0.4 is 15.5 Å². The highest BCUT2D eigenvalue weighted by atomic mass is 19.4. The third-order valence-corrected chi connectivity index (χ3v) is 3.97. The first-order valence-corrected chi connectivity index (χ1v) is 7.55. The third-order valence-electron chi connectivity index (χ3n) is 3.97. The van der Waals surface area contributed by atoms with Crippen LogP contribution in [-0.4, -0.2) is 37.3 Å². The zero-order chi connectivity index (χ0) is 17.0. The first-order chi connectivity index (χ1) is 10.8. The van der Waals surface area contributed by atoms with Crippen molar-refractivity contribution in [2.24, 2.45) is 5.92 Å². The van der Waals surface area contributed by atoms with Crippen LogP contribution in [0.3, 0.4) is 0 Å². The van der Waals surface area contributed by atoms with Crippen LogP contribution in [0.5, 0.6) is 0 Å². The van der Waals surface area contributed by atoms with E-state index in [0.717, 1.165) is 12.8 Å². The molecule has 1 fully saturated rings. The molecule has 8 heteroatoms. The summed E-state index contributed by atoms with van der Waals surface area (Å²) in [6.07, 6.45) is -0.507. The summed E-state index contributed by atoms with van der Waals surface area (Å²) in [6, 6.07) is 0.603. The van der Waals surface area contributed by atoms with Gasteiger partial charge in [0.25, 0.3) is 0 Å². The van der Waals surface area contributed by atoms with Gasteiger partial charge in [0.1, 0.15) is 11.9 Å². The molecule has 0 saturated heterocycles. The van der Waals surface area contributed by atoms with Crippen molar-refractivity contribution < 1.29 is 18.0 Å². The summed E-state index contributed by atoms with van der Waals surface area (Å²) >= 11 is 0. The van der Waals surface area contributed by atoms with Gasteiger partial charge in [0.2, 0.25) is 0 Å². The highest BCUT2D eigenvalue weighted by Crippen LogP contribution is 2.35. The van der Waals surface area contributed by atoms with Crippen molar-refractivity contribution in [3.05, 3.63) is 18.3 Å². The molecule has 1 aromatic rings. The Morgan fingerprint density at radius 2 is 1.96 bits per heavy atom. The Bertz CT molecular complexity index is 525. The Hall–Kier alpha value is -1.99. The maximum Gasteiger partial charge on any atom is 0.408 e. The van der Waals surface area contributed by atoms with Gasteiger partial charge in [0.05, 0.1) is 11.9 Å². The largest absolute Gasteiger partial charge is 0.408 e. The molecule has 2 N–H and O–H groups in total. The molecule has 0 aromatic carbocycles. The van der Waals surface area contributed by atoms with Crippen molar-refractivity contribution in [2.45, 2.75) is 37.9 Å². The predicted octanol–water partition coefficient (Wildman–Crippen LogP) is 3.39. The number of pyridine rings is 1. The maximum absolute atomic E-state index is 13.2. The van der Waals surface area contributed by atoms with E-state index in [1.54, 1.807) is 17.0 Å². The van der Waals surface area contributed by atoms with E-state index in [0.29, 0.717) is 24.3 Å². The maximum atomic E-state index is 13.2. The number of nitrogens with one attached hydrogen (secondary N) is 2. The number of carbonyl (C=O) groups excluding carboxylic acids is 1. The number of rotatable bonds is 4. The lowest BCUT2D eigenvalue weighted by Gasteiger charge is -2.27. The van der Waals surface area contributed by atoms with E-state index < -0.39 is 24.2 Å². The average Bonchev–Trinajstić information content (AvgIpc) is 2.98. The van der Waals surface area contributed by atoms with E-state index in [-0.39, 0.29) is 0 Å². The van der Waals surface area contributed by atoms with E-state index in [9.17, 15) is 18.0 Å². The summed E-state index contributed by atoms with van der Waals surface area (Å²) in [7, 11) is 3.63. The quantitative estimate of drug-likeness (QED) is 0.890. The smallest absolute Gasteiger partial charge is 0.363 e. The van der Waals surface area contributed by atoms with Gasteiger partial charge in [0.15, 0.2) is 0 Å². The molecular weight excluding hydrogens is 309 g/mol. The van der Waals surface area contributed by atoms with Gasteiger partial charge in [-0.2, -0.15) is 13.2 Å². The number of nitrogens with zero attached hydrogens (tertiary/aromatic N) is 2. The summed E-state index contributed by atoms with van der Waals surface area (Å²) in [5.74, 6) is 0.144. The summed E-state index contributed by atoms with van der Waals surface area (Å²) in [5, 5.41) is 4.47. The molecule has 2 amide bonds. The fourth-order valence-electron chi connectivity index (χ4n) is 2.79. The molecule has 1 unspecified atom stereocenters. The first-order valence-electron chi connectivity index (χ1n) is 7.55. The van der Waals surface area contributed by atoms with E-state index in [2.05, 4.69) is 15.6 Å². The Balaban J connectivity index is 1.98. The van der Waals surface area contributed by atoms with Gasteiger partial charge in [-0.25, -0.2) is 9.78 Å². The molecule has 5 nitrogen and oxygen atoms in total. The molecule has 0 radical (unpaired) electrons. The minimum atomic E-state index is -4.45. The lowest BCUT2D eigenvalue weighted by molar-refractivity contribution is -0.164. The highest BCUT2D eigenvalue weighted by Gasteiger charge is 2.46. The van der Waals surface area contributed by atoms with Crippen molar-refractivity contribution in [3.63, 3.8) is 0 Å². The molecule has 2 rings (SSSR count). The Morgan fingerprint density at radius 1 is 1.30 bits per heavy atom. The van der Waals surface area contributed by atoms with Gasteiger partial charge in [0, 0.05) is 14.1 Å². The Labute approximate surface area is 133 Å². The van der Waals surface area contributed by atoms with Gasteiger partial charge in [-0.3, -0.25) is 0 Å². The standard InChI is InChI=1S/C15H21F3N4O/c1-22(2)12-8-7-11(9-19-12)20-14(23)21-13(15(16,17)18)10-5-3-4-6-10/h7-10,13H,3-6H2,1-2H3,(H2,20,21,23). The number of alkyl halides is 3. The van der Waals surface area contributed by atoms with Crippen molar-refractivity contribution in [3.8, 4) is 0 Å². The molecule has 23 heavy (non-hydrogen) atoms. The van der Waals surface area contributed by atoms with E-state index in [1.807, 2.05) is 14.1 Å². The Kier molecular flexibility index (Phi) is 5.33. The average molecular weight is 330 g/mol. The Morgan fingerprint density at radius 3 is 2.43 bits per heavy atom. The van der Waals surface area contributed by atoms with Gasteiger partial charge in [-0.05, 0) is 30.9 Å². The molecule has 1 aliphatic carbocycles. The lowest BCUT2D eigenvalue weighted by atomic mass is 9.98. The number of anilines is 2. The number of urea groups is 1. The molecule has 1 atom stereocenters. The molecule has 1 aliphatic rings. The molecule has 1 aromatic heterocycles. The molecule has 0 spiro atoms. The van der Waals surface area contributed by atoms with Crippen LogP contribution in [0.4, 0.5) is 29.5 Å². The molecule has 1 saturated carbocycles. The van der Waals surface area contributed by atoms with Crippen LogP contribution in [-0.2, 0) is 0 Å². The van der Waals surface area contributed by atoms with E-state index in [1.165, 1.54) is 6.20 Å². The summed E-state index contributed by atoms with van der Waals surface area (Å²) in [5.41, 5.74) is 0.348. The fourth-order valence-corrected chi connectivity index (χ4v) is 2.79. The molecule has 0 aliphatic heterocycles. The minimum absolute atomic E-state index is 0.348. The van der Waals surface area contributed by atoms with Crippen molar-refractivity contribution in [1.82, 2.24) is 10.3 Å². The van der Waals surface area contributed by atoms with E-state index in [4.69, 9.17) is 0 Å². The van der Waals surface area contributed by atoms with Crippen LogP contribution in [0.15, 0.2) is 18.3 Å². The van der Waals surface area contributed by atoms with Gasteiger partial charge >= 0.3 is 12.2 Å². The topological polar surface area (TPSA) is 57.3 Å². The van der Waals surface area contributed by atoms with Crippen LogP contribution in [0.1, 0.15) is 25.7 Å². The number of carbonyl (C=O) groups is 1. The van der Waals surface area contributed by atoms with Crippen LogP contribution in [0.25, 0.3) is 0 Å². The number of aromatic nitrogens is 1. The van der Waals surface area contributed by atoms with Crippen molar-refractivity contribution >= 4 is 17.5 Å². The van der Waals surface area contributed by atoms with Crippen molar-refractivity contribution in [1.29, 1.82) is 0 Å². The summed E-state index contributed by atoms with van der Waals surface area (Å²) in [4.78, 5) is 17.8. The predicted molar refractivity (Wildman–Crippen MR) is 82.5 cm³/mol. The minimum Gasteiger partial charge on any atom is -0.363 e. The van der Waals surface area contributed by atoms with Gasteiger partial charge < -0.3 is 15.5 Å². The normalized spacial score (nSPS) is 16.9. The molecule has 128 valence electrons. The highest BCUT2D eigenvalue weighted by molar-refractivity contribution is 5.89. The number of amides is 2. The first kappa shape index (κ1) is 17.4. The number of hydrogen-bond acceptors (Lipinski definition) is 3. The lowest BCUT2D eigenvalue weighted by Crippen LogP contribution is -2.50. The van der Waals surface area contributed by atoms with Crippen LogP contribution >= 0.6 is 0 Å². The third kappa shape index (κ3) is 4.74. The van der Waals surface area contributed by atoms with Crippen LogP contribution in [0, 0.1) is 5.92 Å². The molecule has 1 heterocycles.